The molecule has 2 heterocycles. The average Bonchev–Trinajstić information content (AvgIpc) is 3.06. The Morgan fingerprint density at radius 1 is 0.955 bits per heavy atom. The van der Waals surface area contributed by atoms with Crippen LogP contribution in [0.25, 0.3) is 0 Å². The van der Waals surface area contributed by atoms with Crippen molar-refractivity contribution in [1.29, 1.82) is 0 Å². The van der Waals surface area contributed by atoms with Gasteiger partial charge in [-0.3, -0.25) is 14.8 Å². The van der Waals surface area contributed by atoms with Gasteiger partial charge in [-0.15, -0.1) is 0 Å². The third kappa shape index (κ3) is 2.26. The standard InChI is InChI=1S/C18H15N3O/c22-17-3-1-2-12-4-5-14(10-15(12)17)16-11-20-18(21-16)13-6-8-19-9-7-13/h4-10H,1-3,11H2. The monoisotopic (exact) mass is 289 g/mol. The molecule has 4 nitrogen and oxygen atoms in total. The van der Waals surface area contributed by atoms with Crippen LogP contribution in [0.2, 0.25) is 0 Å². The van der Waals surface area contributed by atoms with Crippen molar-refractivity contribution in [3.8, 4) is 0 Å². The first-order valence-electron chi connectivity index (χ1n) is 7.50. The van der Waals surface area contributed by atoms with E-state index in [0.29, 0.717) is 13.0 Å². The topological polar surface area (TPSA) is 54.7 Å². The van der Waals surface area contributed by atoms with Crippen LogP contribution in [-0.2, 0) is 6.42 Å². The summed E-state index contributed by atoms with van der Waals surface area (Å²) < 4.78 is 0. The fourth-order valence-corrected chi connectivity index (χ4v) is 2.97. The number of carbonyl (C=O) groups excluding carboxylic acids is 1. The van der Waals surface area contributed by atoms with Crippen molar-refractivity contribution in [3.05, 3.63) is 65.0 Å². The van der Waals surface area contributed by atoms with Crippen molar-refractivity contribution < 1.29 is 4.79 Å². The first-order valence-corrected chi connectivity index (χ1v) is 7.50. The second kappa shape index (κ2) is 5.30. The molecule has 108 valence electrons. The lowest BCUT2D eigenvalue weighted by Gasteiger charge is -2.15. The maximum Gasteiger partial charge on any atom is 0.163 e. The number of ketones is 1. The molecule has 0 saturated carbocycles. The maximum absolute atomic E-state index is 12.1. The summed E-state index contributed by atoms with van der Waals surface area (Å²) in [4.78, 5) is 25.2. The quantitative estimate of drug-likeness (QED) is 0.853. The highest BCUT2D eigenvalue weighted by Gasteiger charge is 2.20. The Labute approximate surface area is 128 Å². The van der Waals surface area contributed by atoms with Gasteiger partial charge in [-0.2, -0.15) is 0 Å². The first-order chi connectivity index (χ1) is 10.8. The zero-order valence-electron chi connectivity index (χ0n) is 12.1. The summed E-state index contributed by atoms with van der Waals surface area (Å²) >= 11 is 0. The molecule has 1 aliphatic carbocycles. The third-order valence-electron chi connectivity index (χ3n) is 4.15. The number of aryl methyl sites for hydroxylation is 1. The van der Waals surface area contributed by atoms with Crippen LogP contribution in [0.3, 0.4) is 0 Å². The number of hydrogen-bond acceptors (Lipinski definition) is 4. The molecule has 0 unspecified atom stereocenters. The molecule has 1 aromatic heterocycles. The van der Waals surface area contributed by atoms with Gasteiger partial charge in [0.05, 0.1) is 12.3 Å². The highest BCUT2D eigenvalue weighted by Crippen LogP contribution is 2.23. The zero-order valence-corrected chi connectivity index (χ0v) is 12.1. The molecule has 0 saturated heterocycles. The van der Waals surface area contributed by atoms with E-state index in [4.69, 9.17) is 0 Å². The van der Waals surface area contributed by atoms with Crippen molar-refractivity contribution in [3.63, 3.8) is 0 Å². The van der Waals surface area contributed by atoms with Gasteiger partial charge in [0.25, 0.3) is 0 Å². The number of benzene rings is 1. The minimum absolute atomic E-state index is 0.247. The predicted octanol–water partition coefficient (Wildman–Crippen LogP) is 2.85. The molecule has 0 fully saturated rings. The van der Waals surface area contributed by atoms with E-state index in [1.807, 2.05) is 18.2 Å². The summed E-state index contributed by atoms with van der Waals surface area (Å²) in [6.07, 6.45) is 6.08. The second-order valence-electron chi connectivity index (χ2n) is 5.58. The van der Waals surface area contributed by atoms with Crippen molar-refractivity contribution in [2.45, 2.75) is 19.3 Å². The van der Waals surface area contributed by atoms with Gasteiger partial charge in [0.15, 0.2) is 11.6 Å². The van der Waals surface area contributed by atoms with E-state index in [0.717, 1.165) is 46.6 Å². The van der Waals surface area contributed by atoms with Gasteiger partial charge in [-0.05, 0) is 42.2 Å². The van der Waals surface area contributed by atoms with Crippen LogP contribution in [-0.4, -0.2) is 28.9 Å². The van der Waals surface area contributed by atoms with Gasteiger partial charge in [0.2, 0.25) is 0 Å². The Balaban J connectivity index is 1.67. The summed E-state index contributed by atoms with van der Waals surface area (Å²) in [5.41, 5.74) is 4.92. The number of pyridine rings is 1. The molecule has 0 radical (unpaired) electrons. The Morgan fingerprint density at radius 3 is 2.68 bits per heavy atom. The summed E-state index contributed by atoms with van der Waals surface area (Å²) in [6.45, 7) is 0.560. The fourth-order valence-electron chi connectivity index (χ4n) is 2.97. The molecule has 4 heteroatoms. The van der Waals surface area contributed by atoms with Gasteiger partial charge >= 0.3 is 0 Å². The number of hydrogen-bond donors (Lipinski definition) is 0. The van der Waals surface area contributed by atoms with E-state index in [2.05, 4.69) is 27.1 Å². The number of aromatic nitrogens is 1. The molecule has 0 bridgehead atoms. The summed E-state index contributed by atoms with van der Waals surface area (Å²) in [6, 6.07) is 9.92. The van der Waals surface area contributed by atoms with Gasteiger partial charge in [-0.1, -0.05) is 12.1 Å². The van der Waals surface area contributed by atoms with Gasteiger partial charge < -0.3 is 0 Å². The number of aliphatic imine (C=N–C) groups is 2. The normalized spacial score (nSPS) is 17.0. The van der Waals surface area contributed by atoms with Crippen LogP contribution in [0.15, 0.2) is 52.7 Å². The minimum Gasteiger partial charge on any atom is -0.294 e. The number of rotatable bonds is 2. The third-order valence-corrected chi connectivity index (χ3v) is 4.15. The molecule has 1 aromatic carbocycles. The van der Waals surface area contributed by atoms with E-state index in [9.17, 15) is 4.79 Å². The lowest BCUT2D eigenvalue weighted by molar-refractivity contribution is 0.0972. The Hall–Kier alpha value is -2.62. The SMILES string of the molecule is O=C1CCCc2ccc(C3=NC(c4ccncc4)=NC3)cc21. The number of fused-ring (bicyclic) bond motifs is 1. The van der Waals surface area contributed by atoms with E-state index >= 15 is 0 Å². The van der Waals surface area contributed by atoms with Gasteiger partial charge in [0.1, 0.15) is 0 Å². The number of Topliss-reactive ketones (excluding diaryl/α,β-unsaturated/α-hetero) is 1. The molecule has 0 N–H and O–H groups in total. The molecule has 4 rings (SSSR count). The lowest BCUT2D eigenvalue weighted by Crippen LogP contribution is -2.13. The van der Waals surface area contributed by atoms with Crippen molar-refractivity contribution >= 4 is 17.3 Å². The Morgan fingerprint density at radius 2 is 1.82 bits per heavy atom. The second-order valence-corrected chi connectivity index (χ2v) is 5.58. The van der Waals surface area contributed by atoms with Crippen molar-refractivity contribution in [2.24, 2.45) is 9.98 Å². The van der Waals surface area contributed by atoms with Crippen LogP contribution in [0, 0.1) is 0 Å². The first kappa shape index (κ1) is 13.1. The largest absolute Gasteiger partial charge is 0.294 e. The summed E-state index contributed by atoms with van der Waals surface area (Å²) in [5, 5.41) is 0. The average molecular weight is 289 g/mol. The van der Waals surface area contributed by atoms with E-state index in [1.54, 1.807) is 12.4 Å². The molecular weight excluding hydrogens is 274 g/mol. The van der Waals surface area contributed by atoms with Gasteiger partial charge in [-0.25, -0.2) is 4.99 Å². The van der Waals surface area contributed by atoms with E-state index in [1.165, 1.54) is 0 Å². The molecule has 22 heavy (non-hydrogen) atoms. The molecule has 0 amide bonds. The number of carbonyl (C=O) groups is 1. The molecule has 0 atom stereocenters. The summed E-state index contributed by atoms with van der Waals surface area (Å²) in [5.74, 6) is 0.985. The maximum atomic E-state index is 12.1. The number of amidine groups is 1. The predicted molar refractivity (Wildman–Crippen MR) is 85.9 cm³/mol. The molecule has 2 aliphatic rings. The molecule has 2 aromatic rings. The Bertz CT molecular complexity index is 806. The van der Waals surface area contributed by atoms with Crippen molar-refractivity contribution in [2.75, 3.05) is 6.54 Å². The zero-order chi connectivity index (χ0) is 14.9. The summed E-state index contributed by atoms with van der Waals surface area (Å²) in [7, 11) is 0. The van der Waals surface area contributed by atoms with E-state index in [-0.39, 0.29) is 5.78 Å². The van der Waals surface area contributed by atoms with Crippen LogP contribution in [0.5, 0.6) is 0 Å². The van der Waals surface area contributed by atoms with Crippen molar-refractivity contribution in [1.82, 2.24) is 4.98 Å². The number of nitrogens with zero attached hydrogens (tertiary/aromatic N) is 3. The van der Waals surface area contributed by atoms with E-state index < -0.39 is 0 Å². The van der Waals surface area contributed by atoms with Crippen LogP contribution in [0.4, 0.5) is 0 Å². The molecule has 1 aliphatic heterocycles. The molecule has 0 spiro atoms. The highest BCUT2D eigenvalue weighted by molar-refractivity contribution is 6.17. The van der Waals surface area contributed by atoms with Crippen LogP contribution < -0.4 is 0 Å². The smallest absolute Gasteiger partial charge is 0.163 e. The van der Waals surface area contributed by atoms with Crippen LogP contribution in [0.1, 0.15) is 39.9 Å². The Kier molecular flexibility index (Phi) is 3.15. The molecular formula is C18H15N3O. The van der Waals surface area contributed by atoms with Gasteiger partial charge in [0, 0.05) is 29.9 Å². The lowest BCUT2D eigenvalue weighted by atomic mass is 9.89. The minimum atomic E-state index is 0.247. The highest BCUT2D eigenvalue weighted by atomic mass is 16.1. The van der Waals surface area contributed by atoms with Crippen LogP contribution >= 0.6 is 0 Å². The fraction of sp³-hybridized carbons (Fsp3) is 0.222.